The molecular formula is C24H29F2N5O2. The van der Waals surface area contributed by atoms with Crippen LogP contribution in [0.1, 0.15) is 73.8 Å². The molecular weight excluding hydrogens is 428 g/mol. The number of hydrogen-bond donors (Lipinski definition) is 0. The molecule has 1 saturated heterocycles. The van der Waals surface area contributed by atoms with Gasteiger partial charge >= 0.3 is 0 Å². The molecule has 0 radical (unpaired) electrons. The quantitative estimate of drug-likeness (QED) is 0.571. The lowest BCUT2D eigenvalue weighted by Gasteiger charge is -2.37. The summed E-state index contributed by atoms with van der Waals surface area (Å²) in [4.78, 5) is 23.3. The fourth-order valence-corrected chi connectivity index (χ4v) is 4.38. The van der Waals surface area contributed by atoms with Crippen molar-refractivity contribution in [3.8, 4) is 5.75 Å². The Kier molecular flexibility index (Phi) is 6.07. The van der Waals surface area contributed by atoms with Gasteiger partial charge in [0.15, 0.2) is 0 Å². The molecule has 1 aliphatic rings. The second-order valence-corrected chi connectivity index (χ2v) is 9.67. The van der Waals surface area contributed by atoms with Gasteiger partial charge in [-0.15, -0.1) is 0 Å². The lowest BCUT2D eigenvalue weighted by molar-refractivity contribution is 0.0662. The number of carbonyl (C=O) groups excluding carboxylic acids is 1. The minimum atomic E-state index is -2.72. The third kappa shape index (κ3) is 4.41. The summed E-state index contributed by atoms with van der Waals surface area (Å²) in [5, 5.41) is 4.20. The van der Waals surface area contributed by atoms with Crippen molar-refractivity contribution >= 4 is 11.7 Å². The molecule has 2 atom stereocenters. The highest BCUT2D eigenvalue weighted by Crippen LogP contribution is 2.35. The summed E-state index contributed by atoms with van der Waals surface area (Å²) in [7, 11) is 1.55. The number of carbonyl (C=O) groups is 1. The van der Waals surface area contributed by atoms with Crippen LogP contribution in [0.4, 0.5) is 8.78 Å². The van der Waals surface area contributed by atoms with E-state index in [1.165, 1.54) is 16.9 Å². The second-order valence-electron chi connectivity index (χ2n) is 9.67. The van der Waals surface area contributed by atoms with Crippen molar-refractivity contribution in [2.45, 2.75) is 51.9 Å². The standard InChI is InChI=1S/C24H29F2N5O2/c1-14-8-9-30(22(32)16-10-15(24(2,3)4)6-7-20(16)33-5)12-17(14)19-11-18(21(25)26)29-23-27-13-28-31(19)23/h6-7,10-11,13-14,17,21H,8-9,12H2,1-5H3/t14-,17-/m1/s1. The third-order valence-electron chi connectivity index (χ3n) is 6.44. The Balaban J connectivity index is 1.70. The highest BCUT2D eigenvalue weighted by Gasteiger charge is 2.34. The van der Waals surface area contributed by atoms with Gasteiger partial charge < -0.3 is 9.64 Å². The van der Waals surface area contributed by atoms with Gasteiger partial charge in [-0.05, 0) is 41.5 Å². The third-order valence-corrected chi connectivity index (χ3v) is 6.44. The minimum absolute atomic E-state index is 0.123. The maximum absolute atomic E-state index is 13.6. The van der Waals surface area contributed by atoms with E-state index in [1.807, 2.05) is 18.2 Å². The van der Waals surface area contributed by atoms with Crippen LogP contribution in [0.2, 0.25) is 0 Å². The minimum Gasteiger partial charge on any atom is -0.496 e. The molecule has 33 heavy (non-hydrogen) atoms. The molecule has 1 amide bonds. The van der Waals surface area contributed by atoms with E-state index in [9.17, 15) is 13.6 Å². The summed E-state index contributed by atoms with van der Waals surface area (Å²) in [6.45, 7) is 9.30. The van der Waals surface area contributed by atoms with Gasteiger partial charge in [0.05, 0.1) is 18.4 Å². The monoisotopic (exact) mass is 457 g/mol. The number of fused-ring (bicyclic) bond motifs is 1. The first-order chi connectivity index (χ1) is 15.6. The van der Waals surface area contributed by atoms with Crippen molar-refractivity contribution in [3.05, 3.63) is 53.1 Å². The van der Waals surface area contributed by atoms with E-state index < -0.39 is 6.43 Å². The Hall–Kier alpha value is -3.10. The molecule has 176 valence electrons. The molecule has 0 saturated carbocycles. The highest BCUT2D eigenvalue weighted by molar-refractivity contribution is 5.97. The summed E-state index contributed by atoms with van der Waals surface area (Å²) in [6, 6.07) is 7.09. The summed E-state index contributed by atoms with van der Waals surface area (Å²) < 4.78 is 34.0. The Morgan fingerprint density at radius 2 is 2.00 bits per heavy atom. The summed E-state index contributed by atoms with van der Waals surface area (Å²) >= 11 is 0. The first-order valence-electron chi connectivity index (χ1n) is 11.1. The highest BCUT2D eigenvalue weighted by atomic mass is 19.3. The van der Waals surface area contributed by atoms with Crippen LogP contribution < -0.4 is 4.74 Å². The van der Waals surface area contributed by atoms with Crippen LogP contribution in [0, 0.1) is 5.92 Å². The molecule has 1 fully saturated rings. The van der Waals surface area contributed by atoms with Gasteiger partial charge in [0.25, 0.3) is 18.1 Å². The van der Waals surface area contributed by atoms with Gasteiger partial charge in [0.1, 0.15) is 17.8 Å². The van der Waals surface area contributed by atoms with Crippen molar-refractivity contribution in [1.82, 2.24) is 24.5 Å². The number of nitrogens with zero attached hydrogens (tertiary/aromatic N) is 5. The smallest absolute Gasteiger partial charge is 0.280 e. The van der Waals surface area contributed by atoms with Gasteiger partial charge in [-0.1, -0.05) is 33.8 Å². The molecule has 3 aromatic rings. The summed E-state index contributed by atoms with van der Waals surface area (Å²) in [5.74, 6) is 0.498. The van der Waals surface area contributed by atoms with E-state index in [0.717, 1.165) is 12.0 Å². The SMILES string of the molecule is COc1ccc(C(C)(C)C)cc1C(=O)N1CC[C@@H](C)[C@H](c2cc(C(F)F)nc3ncnn23)C1. The number of hydrogen-bond acceptors (Lipinski definition) is 5. The summed E-state index contributed by atoms with van der Waals surface area (Å²) in [6.07, 6.45) is -0.674. The zero-order valence-corrected chi connectivity index (χ0v) is 19.5. The lowest BCUT2D eigenvalue weighted by Crippen LogP contribution is -2.43. The predicted molar refractivity (Wildman–Crippen MR) is 120 cm³/mol. The zero-order valence-electron chi connectivity index (χ0n) is 19.5. The van der Waals surface area contributed by atoms with Gasteiger partial charge in [-0.2, -0.15) is 10.1 Å². The molecule has 0 N–H and O–H groups in total. The van der Waals surface area contributed by atoms with Crippen molar-refractivity contribution in [2.75, 3.05) is 20.2 Å². The number of amides is 1. The number of alkyl halides is 2. The average molecular weight is 458 g/mol. The number of piperidine rings is 1. The van der Waals surface area contributed by atoms with E-state index in [0.29, 0.717) is 30.1 Å². The molecule has 0 bridgehead atoms. The van der Waals surface area contributed by atoms with E-state index in [4.69, 9.17) is 4.74 Å². The normalized spacial score (nSPS) is 19.3. The maximum Gasteiger partial charge on any atom is 0.280 e. The van der Waals surface area contributed by atoms with Crippen molar-refractivity contribution in [2.24, 2.45) is 5.92 Å². The average Bonchev–Trinajstić information content (AvgIpc) is 3.26. The largest absolute Gasteiger partial charge is 0.496 e. The lowest BCUT2D eigenvalue weighted by atomic mass is 9.83. The maximum atomic E-state index is 13.6. The van der Waals surface area contributed by atoms with Crippen LogP contribution in [0.25, 0.3) is 5.78 Å². The van der Waals surface area contributed by atoms with Crippen molar-refractivity contribution in [3.63, 3.8) is 0 Å². The van der Waals surface area contributed by atoms with Gasteiger partial charge in [0.2, 0.25) is 0 Å². The number of ether oxygens (including phenoxy) is 1. The van der Waals surface area contributed by atoms with E-state index in [2.05, 4.69) is 42.8 Å². The molecule has 4 rings (SSSR count). The number of methoxy groups -OCH3 is 1. The number of likely N-dealkylation sites (tertiary alicyclic amines) is 1. The molecule has 0 unspecified atom stereocenters. The molecule has 2 aromatic heterocycles. The molecule has 1 aliphatic heterocycles. The molecule has 9 heteroatoms. The number of rotatable bonds is 4. The molecule has 3 heterocycles. The number of halogens is 2. The van der Waals surface area contributed by atoms with Gasteiger partial charge in [-0.25, -0.2) is 18.3 Å². The Morgan fingerprint density at radius 3 is 2.67 bits per heavy atom. The van der Waals surface area contributed by atoms with E-state index >= 15 is 0 Å². The Morgan fingerprint density at radius 1 is 1.24 bits per heavy atom. The topological polar surface area (TPSA) is 72.6 Å². The molecule has 0 aliphatic carbocycles. The Labute approximate surface area is 191 Å². The first-order valence-corrected chi connectivity index (χ1v) is 11.1. The van der Waals surface area contributed by atoms with Crippen LogP contribution in [0.3, 0.4) is 0 Å². The van der Waals surface area contributed by atoms with Crippen LogP contribution in [-0.4, -0.2) is 50.6 Å². The van der Waals surface area contributed by atoms with Crippen LogP contribution in [-0.2, 0) is 5.41 Å². The molecule has 0 spiro atoms. The van der Waals surface area contributed by atoms with Crippen LogP contribution >= 0.6 is 0 Å². The molecule has 7 nitrogen and oxygen atoms in total. The van der Waals surface area contributed by atoms with Crippen molar-refractivity contribution in [1.29, 1.82) is 0 Å². The number of benzene rings is 1. The van der Waals surface area contributed by atoms with E-state index in [-0.39, 0.29) is 34.6 Å². The zero-order chi connectivity index (χ0) is 23.9. The fraction of sp³-hybridized carbons (Fsp3) is 0.500. The number of aromatic nitrogens is 4. The fourth-order valence-electron chi connectivity index (χ4n) is 4.38. The second kappa shape index (κ2) is 8.68. The van der Waals surface area contributed by atoms with Crippen LogP contribution in [0.5, 0.6) is 5.75 Å². The van der Waals surface area contributed by atoms with E-state index in [1.54, 1.807) is 12.0 Å². The van der Waals surface area contributed by atoms with Crippen LogP contribution in [0.15, 0.2) is 30.6 Å². The summed E-state index contributed by atoms with van der Waals surface area (Å²) in [5.41, 5.74) is 1.68. The van der Waals surface area contributed by atoms with Crippen molar-refractivity contribution < 1.29 is 18.3 Å². The predicted octanol–water partition coefficient (Wildman–Crippen LogP) is 4.63. The van der Waals surface area contributed by atoms with Gasteiger partial charge in [-0.3, -0.25) is 4.79 Å². The first kappa shape index (κ1) is 23.1. The van der Waals surface area contributed by atoms with Gasteiger partial charge in [0, 0.05) is 19.0 Å². The Bertz CT molecular complexity index is 1170. The molecule has 1 aromatic carbocycles.